The zero-order chi connectivity index (χ0) is 29.7. The molecule has 0 aliphatic carbocycles. The molecule has 0 saturated carbocycles. The van der Waals surface area contributed by atoms with Crippen molar-refractivity contribution in [2.45, 2.75) is 84.0 Å². The van der Waals surface area contributed by atoms with Crippen molar-refractivity contribution >= 4 is 23.9 Å². The van der Waals surface area contributed by atoms with E-state index >= 15 is 0 Å². The number of hydrogen-bond donors (Lipinski definition) is 3. The Labute approximate surface area is 237 Å². The van der Waals surface area contributed by atoms with Crippen LogP contribution in [0.2, 0.25) is 0 Å². The van der Waals surface area contributed by atoms with Gasteiger partial charge in [-0.25, -0.2) is 9.59 Å². The van der Waals surface area contributed by atoms with Crippen molar-refractivity contribution in [1.82, 2.24) is 16.0 Å². The molecule has 0 saturated heterocycles. The highest BCUT2D eigenvalue weighted by Gasteiger charge is 2.31. The Bertz CT molecular complexity index is 1100. The van der Waals surface area contributed by atoms with Crippen LogP contribution in [0, 0.1) is 5.92 Å². The number of rotatable bonds is 13. The van der Waals surface area contributed by atoms with E-state index < -0.39 is 47.6 Å². The summed E-state index contributed by atoms with van der Waals surface area (Å²) >= 11 is 0. The van der Waals surface area contributed by atoms with Gasteiger partial charge in [-0.2, -0.15) is 0 Å². The van der Waals surface area contributed by atoms with Gasteiger partial charge in [-0.05, 0) is 57.1 Å². The Morgan fingerprint density at radius 2 is 1.27 bits per heavy atom. The van der Waals surface area contributed by atoms with Gasteiger partial charge in [0.05, 0.1) is 7.11 Å². The van der Waals surface area contributed by atoms with Gasteiger partial charge < -0.3 is 25.4 Å². The predicted octanol–water partition coefficient (Wildman–Crippen LogP) is 3.94. The number of amides is 3. The Morgan fingerprint density at radius 1 is 0.750 bits per heavy atom. The fourth-order valence-corrected chi connectivity index (χ4v) is 4.11. The SMILES string of the molecule is COC(=O)[C@H](Cc1ccccc1)NC(=O)C(CC(C)C)NC(=O)[C@H](CCc1ccccc1)NC(=O)OC(C)(C)C. The first kappa shape index (κ1) is 32.3. The van der Waals surface area contributed by atoms with E-state index in [2.05, 4.69) is 16.0 Å². The fraction of sp³-hybridized carbons (Fsp3) is 0.484. The van der Waals surface area contributed by atoms with Crippen LogP contribution in [0.5, 0.6) is 0 Å². The molecule has 0 aliphatic rings. The number of aryl methyl sites for hydroxylation is 1. The number of methoxy groups -OCH3 is 1. The highest BCUT2D eigenvalue weighted by Crippen LogP contribution is 2.12. The van der Waals surface area contributed by atoms with Crippen molar-refractivity contribution in [3.05, 3.63) is 71.8 Å². The normalized spacial score (nSPS) is 13.5. The lowest BCUT2D eigenvalue weighted by Crippen LogP contribution is -2.56. The number of carbonyl (C=O) groups is 4. The van der Waals surface area contributed by atoms with Crippen molar-refractivity contribution in [3.8, 4) is 0 Å². The molecule has 0 aromatic heterocycles. The van der Waals surface area contributed by atoms with E-state index in [4.69, 9.17) is 9.47 Å². The first-order chi connectivity index (χ1) is 18.9. The zero-order valence-corrected chi connectivity index (χ0v) is 24.4. The van der Waals surface area contributed by atoms with E-state index in [1.807, 2.05) is 74.5 Å². The maximum absolute atomic E-state index is 13.5. The van der Waals surface area contributed by atoms with Gasteiger partial charge in [0.1, 0.15) is 23.7 Å². The molecule has 9 nitrogen and oxygen atoms in total. The van der Waals surface area contributed by atoms with Crippen LogP contribution in [-0.4, -0.2) is 54.7 Å². The van der Waals surface area contributed by atoms with E-state index in [0.29, 0.717) is 19.3 Å². The Kier molecular flexibility index (Phi) is 12.6. The van der Waals surface area contributed by atoms with Crippen LogP contribution in [0.25, 0.3) is 0 Å². The van der Waals surface area contributed by atoms with Crippen LogP contribution >= 0.6 is 0 Å². The maximum atomic E-state index is 13.5. The molecule has 40 heavy (non-hydrogen) atoms. The molecule has 0 heterocycles. The summed E-state index contributed by atoms with van der Waals surface area (Å²) in [5, 5.41) is 8.22. The summed E-state index contributed by atoms with van der Waals surface area (Å²) in [4.78, 5) is 51.9. The summed E-state index contributed by atoms with van der Waals surface area (Å²) in [6, 6.07) is 16.1. The number of benzene rings is 2. The number of carbonyl (C=O) groups excluding carboxylic acids is 4. The molecular weight excluding hydrogens is 510 g/mol. The van der Waals surface area contributed by atoms with Gasteiger partial charge in [-0.3, -0.25) is 9.59 Å². The van der Waals surface area contributed by atoms with Gasteiger partial charge >= 0.3 is 12.1 Å². The Morgan fingerprint density at radius 3 is 1.80 bits per heavy atom. The van der Waals surface area contributed by atoms with E-state index in [0.717, 1.165) is 11.1 Å². The summed E-state index contributed by atoms with van der Waals surface area (Å²) in [6.45, 7) is 9.07. The highest BCUT2D eigenvalue weighted by molar-refractivity contribution is 5.93. The molecule has 218 valence electrons. The second-order valence-corrected chi connectivity index (χ2v) is 11.2. The average molecular weight is 554 g/mol. The molecule has 9 heteroatoms. The molecular formula is C31H43N3O6. The number of ether oxygens (including phenoxy) is 2. The first-order valence-corrected chi connectivity index (χ1v) is 13.6. The highest BCUT2D eigenvalue weighted by atomic mass is 16.6. The molecule has 0 aliphatic heterocycles. The molecule has 3 amide bonds. The average Bonchev–Trinajstić information content (AvgIpc) is 2.89. The zero-order valence-electron chi connectivity index (χ0n) is 24.4. The molecule has 2 aromatic carbocycles. The summed E-state index contributed by atoms with van der Waals surface area (Å²) in [7, 11) is 1.26. The van der Waals surface area contributed by atoms with Crippen molar-refractivity contribution in [2.24, 2.45) is 5.92 Å². The van der Waals surface area contributed by atoms with Crippen LogP contribution in [0.15, 0.2) is 60.7 Å². The quantitative estimate of drug-likeness (QED) is 0.323. The third-order valence-electron chi connectivity index (χ3n) is 6.00. The van der Waals surface area contributed by atoms with E-state index in [-0.39, 0.29) is 12.3 Å². The molecule has 2 rings (SSSR count). The smallest absolute Gasteiger partial charge is 0.408 e. The Hall–Kier alpha value is -3.88. The van der Waals surface area contributed by atoms with Crippen LogP contribution in [-0.2, 0) is 36.7 Å². The lowest BCUT2D eigenvalue weighted by molar-refractivity contribution is -0.145. The third kappa shape index (κ3) is 11.9. The number of nitrogens with one attached hydrogen (secondary N) is 3. The standard InChI is InChI=1S/C31H43N3O6/c1-21(2)19-25(28(36)33-26(29(37)39-6)20-23-15-11-8-12-16-23)32-27(35)24(34-30(38)40-31(3,4)5)18-17-22-13-9-7-10-14-22/h7-16,21,24-26H,17-20H2,1-6H3,(H,32,35)(H,33,36)(H,34,38)/t24-,25?,26-/m0/s1. The van der Waals surface area contributed by atoms with Gasteiger partial charge in [-0.1, -0.05) is 74.5 Å². The van der Waals surface area contributed by atoms with Gasteiger partial charge in [0.15, 0.2) is 0 Å². The minimum atomic E-state index is -0.946. The van der Waals surface area contributed by atoms with Crippen LogP contribution < -0.4 is 16.0 Å². The van der Waals surface area contributed by atoms with E-state index in [1.54, 1.807) is 20.8 Å². The second-order valence-electron chi connectivity index (χ2n) is 11.2. The van der Waals surface area contributed by atoms with Crippen molar-refractivity contribution < 1.29 is 28.7 Å². The van der Waals surface area contributed by atoms with Crippen LogP contribution in [0.1, 0.15) is 58.6 Å². The van der Waals surface area contributed by atoms with Crippen LogP contribution in [0.4, 0.5) is 4.79 Å². The van der Waals surface area contributed by atoms with Crippen molar-refractivity contribution in [2.75, 3.05) is 7.11 Å². The minimum Gasteiger partial charge on any atom is -0.467 e. The number of esters is 1. The van der Waals surface area contributed by atoms with Crippen molar-refractivity contribution in [3.63, 3.8) is 0 Å². The predicted molar refractivity (Wildman–Crippen MR) is 153 cm³/mol. The molecule has 3 N–H and O–H groups in total. The lowest BCUT2D eigenvalue weighted by atomic mass is 10.00. The van der Waals surface area contributed by atoms with Gasteiger partial charge in [0, 0.05) is 6.42 Å². The summed E-state index contributed by atoms with van der Waals surface area (Å²) in [5.41, 5.74) is 1.11. The molecule has 3 atom stereocenters. The van der Waals surface area contributed by atoms with Gasteiger partial charge in [0.25, 0.3) is 0 Å². The van der Waals surface area contributed by atoms with Crippen molar-refractivity contribution in [1.29, 1.82) is 0 Å². The Balaban J connectivity index is 2.20. The molecule has 2 aromatic rings. The monoisotopic (exact) mass is 553 g/mol. The van der Waals surface area contributed by atoms with E-state index in [9.17, 15) is 19.2 Å². The lowest BCUT2D eigenvalue weighted by Gasteiger charge is -2.27. The summed E-state index contributed by atoms with van der Waals surface area (Å²) < 4.78 is 10.3. The van der Waals surface area contributed by atoms with E-state index in [1.165, 1.54) is 7.11 Å². The van der Waals surface area contributed by atoms with Crippen LogP contribution in [0.3, 0.4) is 0 Å². The molecule has 0 radical (unpaired) electrons. The number of alkyl carbamates (subject to hydrolysis) is 1. The maximum Gasteiger partial charge on any atom is 0.408 e. The number of hydrogen-bond acceptors (Lipinski definition) is 6. The molecule has 0 fully saturated rings. The minimum absolute atomic E-state index is 0.0586. The second kappa shape index (κ2) is 15.6. The largest absolute Gasteiger partial charge is 0.467 e. The summed E-state index contributed by atoms with van der Waals surface area (Å²) in [6.07, 6.45) is 0.663. The first-order valence-electron chi connectivity index (χ1n) is 13.6. The molecule has 0 spiro atoms. The topological polar surface area (TPSA) is 123 Å². The summed E-state index contributed by atoms with van der Waals surface area (Å²) in [5.74, 6) is -1.55. The fourth-order valence-electron chi connectivity index (χ4n) is 4.11. The van der Waals surface area contributed by atoms with Gasteiger partial charge in [-0.15, -0.1) is 0 Å². The van der Waals surface area contributed by atoms with Gasteiger partial charge in [0.2, 0.25) is 11.8 Å². The molecule has 1 unspecified atom stereocenters. The third-order valence-corrected chi connectivity index (χ3v) is 6.00. The molecule has 0 bridgehead atoms.